The minimum Gasteiger partial charge on any atom is -0.318 e. The van der Waals surface area contributed by atoms with E-state index in [2.05, 4.69) is 26.8 Å². The van der Waals surface area contributed by atoms with Crippen LogP contribution in [0.1, 0.15) is 28.8 Å². The van der Waals surface area contributed by atoms with Gasteiger partial charge in [0.1, 0.15) is 5.82 Å². The van der Waals surface area contributed by atoms with Crippen LogP contribution in [-0.4, -0.2) is 21.9 Å². The largest absolute Gasteiger partial charge is 0.318 e. The summed E-state index contributed by atoms with van der Waals surface area (Å²) in [5, 5.41) is 2.96. The average Bonchev–Trinajstić information content (AvgIpc) is 3.34. The fraction of sp³-hybridized carbons (Fsp3) is 0.188. The molecule has 0 spiro atoms. The van der Waals surface area contributed by atoms with Gasteiger partial charge in [-0.15, -0.1) is 0 Å². The summed E-state index contributed by atoms with van der Waals surface area (Å²) >= 11 is 0. The number of hydrogen-bond acceptors (Lipinski definition) is 4. The Morgan fingerprint density at radius 1 is 1.24 bits per heavy atom. The predicted octanol–water partition coefficient (Wildman–Crippen LogP) is 2.99. The number of anilines is 3. The van der Waals surface area contributed by atoms with Gasteiger partial charge in [-0.05, 0) is 31.0 Å². The average molecular weight is 278 g/mol. The number of amides is 1. The number of pyridine rings is 2. The van der Waals surface area contributed by atoms with Crippen molar-refractivity contribution in [2.45, 2.75) is 18.9 Å². The molecule has 0 unspecified atom stereocenters. The fourth-order valence-electron chi connectivity index (χ4n) is 2.67. The zero-order valence-electron chi connectivity index (χ0n) is 11.4. The summed E-state index contributed by atoms with van der Waals surface area (Å²) in [6.45, 7) is 3.82. The van der Waals surface area contributed by atoms with Crippen molar-refractivity contribution in [2.24, 2.45) is 0 Å². The number of hydrogen-bond donors (Lipinski definition) is 1. The molecule has 1 saturated carbocycles. The molecule has 5 heteroatoms. The quantitative estimate of drug-likeness (QED) is 0.917. The Balaban J connectivity index is 2.00. The Kier molecular flexibility index (Phi) is 2.54. The summed E-state index contributed by atoms with van der Waals surface area (Å²) in [5.41, 5.74) is 2.16. The third kappa shape index (κ3) is 1.81. The SMILES string of the molecule is C=Cc1ccnc2c1NC(=O)c1cccnc1N2C1CC1. The van der Waals surface area contributed by atoms with Crippen LogP contribution in [0.2, 0.25) is 0 Å². The second kappa shape index (κ2) is 4.41. The van der Waals surface area contributed by atoms with E-state index in [0.717, 1.165) is 24.2 Å². The first-order chi connectivity index (χ1) is 10.3. The molecule has 0 atom stereocenters. The van der Waals surface area contributed by atoms with E-state index in [1.54, 1.807) is 30.6 Å². The van der Waals surface area contributed by atoms with Crippen molar-refractivity contribution < 1.29 is 4.79 Å². The van der Waals surface area contributed by atoms with Crippen molar-refractivity contribution in [3.8, 4) is 0 Å². The van der Waals surface area contributed by atoms with Gasteiger partial charge < -0.3 is 10.2 Å². The van der Waals surface area contributed by atoms with E-state index in [4.69, 9.17) is 0 Å². The second-order valence-electron chi connectivity index (χ2n) is 5.23. The molecule has 104 valence electrons. The van der Waals surface area contributed by atoms with Gasteiger partial charge in [0.2, 0.25) is 0 Å². The highest BCUT2D eigenvalue weighted by Crippen LogP contribution is 2.43. The van der Waals surface area contributed by atoms with Gasteiger partial charge in [0.25, 0.3) is 5.91 Å². The molecule has 1 fully saturated rings. The highest BCUT2D eigenvalue weighted by atomic mass is 16.1. The molecule has 0 bridgehead atoms. The first kappa shape index (κ1) is 12.1. The van der Waals surface area contributed by atoms with E-state index >= 15 is 0 Å². The number of fused-ring (bicyclic) bond motifs is 2. The third-order valence-electron chi connectivity index (χ3n) is 3.82. The van der Waals surface area contributed by atoms with E-state index in [-0.39, 0.29) is 5.91 Å². The Morgan fingerprint density at radius 3 is 2.81 bits per heavy atom. The molecule has 1 aliphatic heterocycles. The molecular weight excluding hydrogens is 264 g/mol. The van der Waals surface area contributed by atoms with E-state index in [0.29, 0.717) is 23.1 Å². The zero-order chi connectivity index (χ0) is 14.4. The lowest BCUT2D eigenvalue weighted by atomic mass is 10.2. The van der Waals surface area contributed by atoms with Gasteiger partial charge in [0.05, 0.1) is 11.3 Å². The van der Waals surface area contributed by atoms with Crippen LogP contribution in [0.25, 0.3) is 6.08 Å². The molecule has 21 heavy (non-hydrogen) atoms. The van der Waals surface area contributed by atoms with Crippen LogP contribution in [0.4, 0.5) is 17.3 Å². The highest BCUT2D eigenvalue weighted by Gasteiger charge is 2.37. The van der Waals surface area contributed by atoms with Crippen LogP contribution in [0, 0.1) is 0 Å². The van der Waals surface area contributed by atoms with Gasteiger partial charge in [-0.3, -0.25) is 4.79 Å². The van der Waals surface area contributed by atoms with E-state index in [1.807, 2.05) is 6.07 Å². The molecule has 1 aliphatic carbocycles. The minimum absolute atomic E-state index is 0.154. The molecule has 0 radical (unpaired) electrons. The summed E-state index contributed by atoms with van der Waals surface area (Å²) in [4.78, 5) is 23.5. The van der Waals surface area contributed by atoms with Crippen molar-refractivity contribution in [3.63, 3.8) is 0 Å². The van der Waals surface area contributed by atoms with Crippen molar-refractivity contribution in [2.75, 3.05) is 10.2 Å². The lowest BCUT2D eigenvalue weighted by Gasteiger charge is -2.23. The summed E-state index contributed by atoms with van der Waals surface area (Å²) in [7, 11) is 0. The maximum absolute atomic E-state index is 12.5. The smallest absolute Gasteiger partial charge is 0.259 e. The van der Waals surface area contributed by atoms with Crippen LogP contribution >= 0.6 is 0 Å². The molecule has 0 saturated heterocycles. The second-order valence-corrected chi connectivity index (χ2v) is 5.23. The summed E-state index contributed by atoms with van der Waals surface area (Å²) in [6, 6.07) is 5.78. The molecule has 2 aromatic heterocycles. The predicted molar refractivity (Wildman–Crippen MR) is 81.7 cm³/mol. The van der Waals surface area contributed by atoms with Crippen molar-refractivity contribution in [3.05, 3.63) is 48.3 Å². The highest BCUT2D eigenvalue weighted by molar-refractivity contribution is 6.12. The van der Waals surface area contributed by atoms with Crippen molar-refractivity contribution in [1.29, 1.82) is 0 Å². The normalized spacial score (nSPS) is 16.6. The topological polar surface area (TPSA) is 58.1 Å². The van der Waals surface area contributed by atoms with Crippen LogP contribution in [0.5, 0.6) is 0 Å². The lowest BCUT2D eigenvalue weighted by Crippen LogP contribution is -2.22. The first-order valence-electron chi connectivity index (χ1n) is 6.96. The lowest BCUT2D eigenvalue weighted by molar-refractivity contribution is 0.102. The van der Waals surface area contributed by atoms with Gasteiger partial charge >= 0.3 is 0 Å². The summed E-state index contributed by atoms with van der Waals surface area (Å²) in [6.07, 6.45) is 7.36. The van der Waals surface area contributed by atoms with Crippen LogP contribution in [0.15, 0.2) is 37.2 Å². The van der Waals surface area contributed by atoms with Crippen LogP contribution < -0.4 is 10.2 Å². The Hall–Kier alpha value is -2.69. The molecule has 0 aromatic carbocycles. The third-order valence-corrected chi connectivity index (χ3v) is 3.82. The number of aromatic nitrogens is 2. The Labute approximate surface area is 122 Å². The molecular formula is C16H14N4O. The van der Waals surface area contributed by atoms with E-state index in [1.165, 1.54) is 0 Å². The molecule has 4 rings (SSSR count). The molecule has 3 heterocycles. The number of carbonyl (C=O) groups is 1. The number of nitrogens with zero attached hydrogens (tertiary/aromatic N) is 3. The number of rotatable bonds is 2. The van der Waals surface area contributed by atoms with E-state index in [9.17, 15) is 4.79 Å². The maximum atomic E-state index is 12.5. The zero-order valence-corrected chi connectivity index (χ0v) is 11.4. The molecule has 1 N–H and O–H groups in total. The molecule has 5 nitrogen and oxygen atoms in total. The first-order valence-corrected chi connectivity index (χ1v) is 6.96. The van der Waals surface area contributed by atoms with E-state index < -0.39 is 0 Å². The molecule has 1 amide bonds. The van der Waals surface area contributed by atoms with Gasteiger partial charge in [-0.1, -0.05) is 12.7 Å². The minimum atomic E-state index is -0.154. The molecule has 2 aliphatic rings. The van der Waals surface area contributed by atoms with Crippen molar-refractivity contribution in [1.82, 2.24) is 9.97 Å². The summed E-state index contributed by atoms with van der Waals surface area (Å²) < 4.78 is 0. The van der Waals surface area contributed by atoms with Gasteiger partial charge in [0.15, 0.2) is 5.82 Å². The standard InChI is InChI=1S/C16H14N4O/c1-2-10-7-9-18-15-13(10)19-16(21)12-4-3-8-17-14(12)20(15)11-5-6-11/h2-4,7-9,11H,1,5-6H2,(H,19,21). The monoisotopic (exact) mass is 278 g/mol. The Morgan fingerprint density at radius 2 is 2.05 bits per heavy atom. The van der Waals surface area contributed by atoms with Gasteiger partial charge in [-0.2, -0.15) is 0 Å². The van der Waals surface area contributed by atoms with Crippen molar-refractivity contribution >= 4 is 29.3 Å². The Bertz CT molecular complexity index is 752. The fourth-order valence-corrected chi connectivity index (χ4v) is 2.67. The van der Waals surface area contributed by atoms with Gasteiger partial charge in [-0.25, -0.2) is 9.97 Å². The maximum Gasteiger partial charge on any atom is 0.259 e. The molecule has 2 aromatic rings. The van der Waals surface area contributed by atoms with Crippen LogP contribution in [0.3, 0.4) is 0 Å². The summed E-state index contributed by atoms with van der Waals surface area (Å²) in [5.74, 6) is 1.28. The number of carbonyl (C=O) groups excluding carboxylic acids is 1. The van der Waals surface area contributed by atoms with Gasteiger partial charge in [0, 0.05) is 24.0 Å². The van der Waals surface area contributed by atoms with Crippen LogP contribution in [-0.2, 0) is 0 Å². The number of nitrogens with one attached hydrogen (secondary N) is 1.